The highest BCUT2D eigenvalue weighted by Crippen LogP contribution is 2.28. The molecule has 0 aromatic heterocycles. The van der Waals surface area contributed by atoms with Crippen molar-refractivity contribution in [1.82, 2.24) is 10.2 Å². The monoisotopic (exact) mass is 270 g/mol. The molecule has 1 saturated heterocycles. The number of hydrogen-bond donors (Lipinski definition) is 1. The van der Waals surface area contributed by atoms with Gasteiger partial charge in [-0.3, -0.25) is 19.7 Å². The quantitative estimate of drug-likeness (QED) is 0.817. The van der Waals surface area contributed by atoms with E-state index in [9.17, 15) is 14.4 Å². The van der Waals surface area contributed by atoms with Crippen molar-refractivity contribution in [3.8, 4) is 0 Å². The van der Waals surface area contributed by atoms with Gasteiger partial charge in [-0.05, 0) is 17.6 Å². The summed E-state index contributed by atoms with van der Waals surface area (Å²) in [6.45, 7) is 0. The van der Waals surface area contributed by atoms with Crippen molar-refractivity contribution in [2.45, 2.75) is 25.3 Å². The van der Waals surface area contributed by atoms with Gasteiger partial charge < -0.3 is 4.90 Å². The van der Waals surface area contributed by atoms with Gasteiger partial charge in [-0.2, -0.15) is 0 Å². The van der Waals surface area contributed by atoms with Gasteiger partial charge in [-0.25, -0.2) is 0 Å². The van der Waals surface area contributed by atoms with Gasteiger partial charge >= 0.3 is 0 Å². The first-order valence-electron chi connectivity index (χ1n) is 6.56. The average Bonchev–Trinajstić information content (AvgIpc) is 2.82. The summed E-state index contributed by atoms with van der Waals surface area (Å²) >= 11 is 0. The number of carbonyl (C=O) groups excluding carboxylic acids is 3. The van der Waals surface area contributed by atoms with Gasteiger partial charge in [0, 0.05) is 12.6 Å². The third kappa shape index (κ3) is 2.22. The molecule has 1 aromatic rings. The van der Waals surface area contributed by atoms with Crippen molar-refractivity contribution in [3.63, 3.8) is 0 Å². The number of benzene rings is 1. The van der Waals surface area contributed by atoms with E-state index in [-0.39, 0.29) is 24.1 Å². The van der Waals surface area contributed by atoms with E-state index in [4.69, 9.17) is 0 Å². The van der Waals surface area contributed by atoms with E-state index in [1.54, 1.807) is 6.20 Å². The lowest BCUT2D eigenvalue weighted by atomic mass is 10.1. The molecule has 2 heterocycles. The molecule has 102 valence electrons. The molecule has 1 atom stereocenters. The molecule has 20 heavy (non-hydrogen) atoms. The molecule has 0 saturated carbocycles. The maximum Gasteiger partial charge on any atom is 0.249 e. The Kier molecular flexibility index (Phi) is 3.10. The van der Waals surface area contributed by atoms with E-state index >= 15 is 0 Å². The van der Waals surface area contributed by atoms with Gasteiger partial charge in [0.05, 0.1) is 6.42 Å². The van der Waals surface area contributed by atoms with Crippen molar-refractivity contribution in [3.05, 3.63) is 42.1 Å². The SMILES string of the molecule is O=C1CCC(N2C=C(c3ccccc3)CC2=O)C(=O)N1. The molecule has 0 spiro atoms. The number of nitrogens with one attached hydrogen (secondary N) is 1. The van der Waals surface area contributed by atoms with Crippen LogP contribution in [0.15, 0.2) is 36.5 Å². The zero-order valence-electron chi connectivity index (χ0n) is 10.8. The van der Waals surface area contributed by atoms with E-state index in [0.29, 0.717) is 12.8 Å². The van der Waals surface area contributed by atoms with Crippen LogP contribution in [0.25, 0.3) is 5.57 Å². The summed E-state index contributed by atoms with van der Waals surface area (Å²) in [5.41, 5.74) is 1.89. The van der Waals surface area contributed by atoms with Crippen molar-refractivity contribution < 1.29 is 14.4 Å². The fraction of sp³-hybridized carbons (Fsp3) is 0.267. The zero-order valence-corrected chi connectivity index (χ0v) is 10.8. The molecule has 3 rings (SSSR count). The first-order chi connectivity index (χ1) is 9.65. The van der Waals surface area contributed by atoms with Crippen LogP contribution in [0, 0.1) is 0 Å². The molecule has 5 nitrogen and oxygen atoms in total. The minimum Gasteiger partial charge on any atom is -0.306 e. The minimum absolute atomic E-state index is 0.0987. The number of imide groups is 1. The summed E-state index contributed by atoms with van der Waals surface area (Å²) in [7, 11) is 0. The van der Waals surface area contributed by atoms with Crippen LogP contribution >= 0.6 is 0 Å². The van der Waals surface area contributed by atoms with E-state index < -0.39 is 6.04 Å². The number of rotatable bonds is 2. The highest BCUT2D eigenvalue weighted by atomic mass is 16.2. The van der Waals surface area contributed by atoms with Crippen LogP contribution in [0.4, 0.5) is 0 Å². The van der Waals surface area contributed by atoms with Gasteiger partial charge in [0.25, 0.3) is 0 Å². The number of amides is 3. The molecule has 5 heteroatoms. The number of nitrogens with zero attached hydrogens (tertiary/aromatic N) is 1. The fourth-order valence-electron chi connectivity index (χ4n) is 2.58. The molecule has 1 unspecified atom stereocenters. The topological polar surface area (TPSA) is 66.5 Å². The zero-order chi connectivity index (χ0) is 14.1. The van der Waals surface area contributed by atoms with Gasteiger partial charge in [-0.1, -0.05) is 30.3 Å². The second-order valence-electron chi connectivity index (χ2n) is 4.97. The third-order valence-corrected chi connectivity index (χ3v) is 3.62. The molecule has 3 amide bonds. The molecular formula is C15H14N2O3. The largest absolute Gasteiger partial charge is 0.306 e. The summed E-state index contributed by atoms with van der Waals surface area (Å²) in [6, 6.07) is 9.05. The molecule has 2 aliphatic heterocycles. The van der Waals surface area contributed by atoms with E-state index in [1.165, 1.54) is 4.90 Å². The smallest absolute Gasteiger partial charge is 0.249 e. The third-order valence-electron chi connectivity index (χ3n) is 3.62. The fourth-order valence-corrected chi connectivity index (χ4v) is 2.58. The minimum atomic E-state index is -0.568. The Balaban J connectivity index is 1.84. The van der Waals surface area contributed by atoms with Crippen molar-refractivity contribution >= 4 is 23.3 Å². The highest BCUT2D eigenvalue weighted by molar-refractivity contribution is 6.04. The number of hydrogen-bond acceptors (Lipinski definition) is 3. The number of piperidine rings is 1. The van der Waals surface area contributed by atoms with Gasteiger partial charge in [0.1, 0.15) is 6.04 Å². The normalized spacial score (nSPS) is 22.8. The molecule has 0 radical (unpaired) electrons. The van der Waals surface area contributed by atoms with Crippen LogP contribution in [-0.2, 0) is 14.4 Å². The number of carbonyl (C=O) groups is 3. The van der Waals surface area contributed by atoms with Crippen LogP contribution in [-0.4, -0.2) is 28.7 Å². The second-order valence-corrected chi connectivity index (χ2v) is 4.97. The van der Waals surface area contributed by atoms with E-state index in [0.717, 1.165) is 11.1 Å². The van der Waals surface area contributed by atoms with Crippen molar-refractivity contribution in [2.75, 3.05) is 0 Å². The standard InChI is InChI=1S/C15H14N2O3/c18-13-7-6-12(15(20)16-13)17-9-11(8-14(17)19)10-4-2-1-3-5-10/h1-5,9,12H,6-8H2,(H,16,18,20). The average molecular weight is 270 g/mol. The maximum absolute atomic E-state index is 12.1. The molecule has 1 fully saturated rings. The molecule has 1 N–H and O–H groups in total. The van der Waals surface area contributed by atoms with Crippen LogP contribution in [0.3, 0.4) is 0 Å². The first-order valence-corrected chi connectivity index (χ1v) is 6.56. The van der Waals surface area contributed by atoms with E-state index in [1.807, 2.05) is 30.3 Å². The van der Waals surface area contributed by atoms with Crippen molar-refractivity contribution in [1.29, 1.82) is 0 Å². The lowest BCUT2D eigenvalue weighted by molar-refractivity contribution is -0.142. The summed E-state index contributed by atoms with van der Waals surface area (Å²) in [6.07, 6.45) is 2.68. The Morgan fingerprint density at radius 2 is 1.85 bits per heavy atom. The Labute approximate surface area is 116 Å². The van der Waals surface area contributed by atoms with Gasteiger partial charge in [0.2, 0.25) is 17.7 Å². The lowest BCUT2D eigenvalue weighted by Crippen LogP contribution is -2.51. The van der Waals surface area contributed by atoms with Gasteiger partial charge in [0.15, 0.2) is 0 Å². The Morgan fingerprint density at radius 1 is 1.10 bits per heavy atom. The van der Waals surface area contributed by atoms with Gasteiger partial charge in [-0.15, -0.1) is 0 Å². The van der Waals surface area contributed by atoms with Crippen LogP contribution in [0.1, 0.15) is 24.8 Å². The summed E-state index contributed by atoms with van der Waals surface area (Å²) in [4.78, 5) is 36.5. The highest BCUT2D eigenvalue weighted by Gasteiger charge is 2.36. The Hall–Kier alpha value is -2.43. The predicted octanol–water partition coefficient (Wildman–Crippen LogP) is 1.06. The maximum atomic E-state index is 12.1. The molecule has 2 aliphatic rings. The molecule has 0 bridgehead atoms. The van der Waals surface area contributed by atoms with Crippen LogP contribution in [0.5, 0.6) is 0 Å². The predicted molar refractivity (Wildman–Crippen MR) is 72.1 cm³/mol. The molecule has 0 aliphatic carbocycles. The Morgan fingerprint density at radius 3 is 2.55 bits per heavy atom. The van der Waals surface area contributed by atoms with Crippen LogP contribution < -0.4 is 5.32 Å². The van der Waals surface area contributed by atoms with Crippen LogP contribution in [0.2, 0.25) is 0 Å². The van der Waals surface area contributed by atoms with E-state index in [2.05, 4.69) is 5.32 Å². The lowest BCUT2D eigenvalue weighted by Gasteiger charge is -2.27. The molecule has 1 aromatic carbocycles. The second kappa shape index (κ2) is 4.92. The molecular weight excluding hydrogens is 256 g/mol. The summed E-state index contributed by atoms with van der Waals surface area (Å²) < 4.78 is 0. The summed E-state index contributed by atoms with van der Waals surface area (Å²) in [5, 5.41) is 2.28. The van der Waals surface area contributed by atoms with Crippen molar-refractivity contribution in [2.24, 2.45) is 0 Å². The first kappa shape index (κ1) is 12.6. The summed E-state index contributed by atoms with van der Waals surface area (Å²) in [5.74, 6) is -0.760. The Bertz CT molecular complexity index is 607.